The average molecular weight is 294 g/mol. The van der Waals surface area contributed by atoms with Crippen LogP contribution in [0.4, 0.5) is 11.4 Å². The molecule has 1 aliphatic rings. The van der Waals surface area contributed by atoms with Crippen LogP contribution in [0.15, 0.2) is 18.2 Å². The first-order valence-electron chi connectivity index (χ1n) is 6.88. The van der Waals surface area contributed by atoms with E-state index in [1.54, 1.807) is 0 Å². The van der Waals surface area contributed by atoms with Crippen molar-refractivity contribution >= 4 is 17.3 Å². The molecule has 1 aromatic carbocycles. The van der Waals surface area contributed by atoms with Crippen molar-refractivity contribution in [1.29, 1.82) is 0 Å². The number of aromatic carboxylic acids is 1. The third-order valence-electron chi connectivity index (χ3n) is 3.95. The lowest BCUT2D eigenvalue weighted by molar-refractivity contribution is -0.384. The second-order valence-electron chi connectivity index (χ2n) is 5.42. The van der Waals surface area contributed by atoms with Gasteiger partial charge < -0.3 is 15.5 Å². The molecule has 0 atom stereocenters. The summed E-state index contributed by atoms with van der Waals surface area (Å²) < 4.78 is 0. The molecule has 0 amide bonds. The number of carboxylic acids is 1. The molecule has 0 aliphatic heterocycles. The molecule has 0 unspecified atom stereocenters. The lowest BCUT2D eigenvalue weighted by atomic mass is 9.82. The maximum atomic E-state index is 11.1. The van der Waals surface area contributed by atoms with Gasteiger partial charge in [0.05, 0.1) is 22.6 Å². The average Bonchev–Trinajstić information content (AvgIpc) is 2.48. The van der Waals surface area contributed by atoms with Gasteiger partial charge in [0.2, 0.25) is 0 Å². The summed E-state index contributed by atoms with van der Waals surface area (Å²) in [5.74, 6) is -1.21. The van der Waals surface area contributed by atoms with Crippen LogP contribution in [0, 0.1) is 10.1 Å². The van der Waals surface area contributed by atoms with Gasteiger partial charge in [0, 0.05) is 6.07 Å². The number of aliphatic hydroxyl groups excluding tert-OH is 1. The zero-order chi connectivity index (χ0) is 15.5. The summed E-state index contributed by atoms with van der Waals surface area (Å²) in [6.45, 7) is -0.106. The maximum Gasteiger partial charge on any atom is 0.335 e. The van der Waals surface area contributed by atoms with Crippen LogP contribution in [0.1, 0.15) is 42.5 Å². The van der Waals surface area contributed by atoms with E-state index in [1.807, 2.05) is 0 Å². The molecule has 1 aliphatic carbocycles. The monoisotopic (exact) mass is 294 g/mol. The first kappa shape index (κ1) is 15.2. The van der Waals surface area contributed by atoms with Gasteiger partial charge in [-0.25, -0.2) is 4.79 Å². The molecule has 0 radical (unpaired) electrons. The van der Waals surface area contributed by atoms with Crippen molar-refractivity contribution in [3.8, 4) is 0 Å². The number of carboxylic acid groups (broad SMARTS) is 1. The molecule has 7 nitrogen and oxygen atoms in total. The number of hydrogen-bond donors (Lipinski definition) is 3. The van der Waals surface area contributed by atoms with E-state index in [2.05, 4.69) is 5.32 Å². The number of aliphatic hydroxyl groups is 1. The molecule has 0 aromatic heterocycles. The SMILES string of the molecule is O=C(O)c1ccc(NC2(CO)CCCCC2)c([N+](=O)[O-])c1. The van der Waals surface area contributed by atoms with Crippen LogP contribution in [-0.2, 0) is 0 Å². The molecule has 114 valence electrons. The Balaban J connectivity index is 2.34. The Hall–Kier alpha value is -2.15. The normalized spacial score (nSPS) is 17.2. The molecule has 3 N–H and O–H groups in total. The van der Waals surface area contributed by atoms with E-state index in [1.165, 1.54) is 12.1 Å². The van der Waals surface area contributed by atoms with E-state index >= 15 is 0 Å². The third kappa shape index (κ3) is 3.30. The summed E-state index contributed by atoms with van der Waals surface area (Å²) in [5.41, 5.74) is -0.725. The van der Waals surface area contributed by atoms with Crippen molar-refractivity contribution in [2.45, 2.75) is 37.6 Å². The lowest BCUT2D eigenvalue weighted by Crippen LogP contribution is -2.44. The second-order valence-corrected chi connectivity index (χ2v) is 5.42. The molecule has 1 fully saturated rings. The predicted octanol–water partition coefficient (Wildman–Crippen LogP) is 2.40. The topological polar surface area (TPSA) is 113 Å². The zero-order valence-electron chi connectivity index (χ0n) is 11.5. The fourth-order valence-electron chi connectivity index (χ4n) is 2.76. The van der Waals surface area contributed by atoms with Crippen LogP contribution in [-0.4, -0.2) is 33.3 Å². The Labute approximate surface area is 121 Å². The minimum atomic E-state index is -1.21. The van der Waals surface area contributed by atoms with E-state index in [0.717, 1.165) is 38.2 Å². The predicted molar refractivity (Wildman–Crippen MR) is 76.6 cm³/mol. The van der Waals surface area contributed by atoms with Gasteiger partial charge in [-0.05, 0) is 25.0 Å². The largest absolute Gasteiger partial charge is 0.478 e. The third-order valence-corrected chi connectivity index (χ3v) is 3.95. The Morgan fingerprint density at radius 2 is 2.00 bits per heavy atom. The Morgan fingerprint density at radius 1 is 1.33 bits per heavy atom. The summed E-state index contributed by atoms with van der Waals surface area (Å²) in [4.78, 5) is 21.4. The number of anilines is 1. The molecule has 2 rings (SSSR count). The van der Waals surface area contributed by atoms with Gasteiger partial charge in [-0.2, -0.15) is 0 Å². The van der Waals surface area contributed by atoms with Gasteiger partial charge in [-0.3, -0.25) is 10.1 Å². The van der Waals surface area contributed by atoms with Crippen molar-refractivity contribution in [1.82, 2.24) is 0 Å². The molecule has 0 bridgehead atoms. The van der Waals surface area contributed by atoms with E-state index < -0.39 is 16.4 Å². The highest BCUT2D eigenvalue weighted by Crippen LogP contribution is 2.35. The molecular weight excluding hydrogens is 276 g/mol. The molecule has 0 heterocycles. The van der Waals surface area contributed by atoms with Crippen molar-refractivity contribution < 1.29 is 19.9 Å². The summed E-state index contributed by atoms with van der Waals surface area (Å²) in [6, 6.07) is 3.76. The van der Waals surface area contributed by atoms with Crippen LogP contribution in [0.5, 0.6) is 0 Å². The second kappa shape index (κ2) is 6.09. The summed E-state index contributed by atoms with van der Waals surface area (Å²) >= 11 is 0. The molecule has 21 heavy (non-hydrogen) atoms. The van der Waals surface area contributed by atoms with Crippen molar-refractivity contribution in [2.24, 2.45) is 0 Å². The minimum Gasteiger partial charge on any atom is -0.478 e. The number of nitrogens with one attached hydrogen (secondary N) is 1. The Morgan fingerprint density at radius 3 is 2.52 bits per heavy atom. The number of nitro groups is 1. The number of nitrogens with zero attached hydrogens (tertiary/aromatic N) is 1. The van der Waals surface area contributed by atoms with E-state index in [0.29, 0.717) is 0 Å². The highest BCUT2D eigenvalue weighted by Gasteiger charge is 2.33. The smallest absolute Gasteiger partial charge is 0.335 e. The van der Waals surface area contributed by atoms with E-state index in [-0.39, 0.29) is 23.5 Å². The number of benzene rings is 1. The summed E-state index contributed by atoms with van der Waals surface area (Å²) in [5, 5.41) is 32.8. The molecule has 7 heteroatoms. The van der Waals surface area contributed by atoms with Crippen LogP contribution in [0.3, 0.4) is 0 Å². The van der Waals surface area contributed by atoms with E-state index in [4.69, 9.17) is 5.11 Å². The van der Waals surface area contributed by atoms with Gasteiger partial charge in [-0.1, -0.05) is 19.3 Å². The molecule has 1 saturated carbocycles. The quantitative estimate of drug-likeness (QED) is 0.567. The van der Waals surface area contributed by atoms with Crippen LogP contribution in [0.2, 0.25) is 0 Å². The number of carbonyl (C=O) groups is 1. The molecule has 0 spiro atoms. The van der Waals surface area contributed by atoms with Crippen LogP contribution in [0.25, 0.3) is 0 Å². The number of rotatable bonds is 5. The van der Waals surface area contributed by atoms with Gasteiger partial charge in [0.1, 0.15) is 5.69 Å². The first-order valence-corrected chi connectivity index (χ1v) is 6.88. The highest BCUT2D eigenvalue weighted by molar-refractivity contribution is 5.89. The summed E-state index contributed by atoms with van der Waals surface area (Å²) in [6.07, 6.45) is 4.47. The van der Waals surface area contributed by atoms with Gasteiger partial charge in [0.15, 0.2) is 0 Å². The van der Waals surface area contributed by atoms with Crippen LogP contribution >= 0.6 is 0 Å². The van der Waals surface area contributed by atoms with Gasteiger partial charge in [-0.15, -0.1) is 0 Å². The minimum absolute atomic E-state index is 0.106. The number of hydrogen-bond acceptors (Lipinski definition) is 5. The Kier molecular flexibility index (Phi) is 4.42. The fraction of sp³-hybridized carbons (Fsp3) is 0.500. The van der Waals surface area contributed by atoms with Crippen molar-refractivity contribution in [2.75, 3.05) is 11.9 Å². The Bertz CT molecular complexity index is 552. The standard InChI is InChI=1S/C14H18N2O5/c17-9-14(6-2-1-3-7-14)15-11-5-4-10(13(18)19)8-12(11)16(20)21/h4-5,8,15,17H,1-3,6-7,9H2,(H,18,19). The maximum absolute atomic E-state index is 11.1. The molecule has 1 aromatic rings. The fourth-order valence-corrected chi connectivity index (χ4v) is 2.76. The lowest BCUT2D eigenvalue weighted by Gasteiger charge is -2.37. The number of nitro benzene ring substituents is 1. The zero-order valence-corrected chi connectivity index (χ0v) is 11.5. The molecular formula is C14H18N2O5. The van der Waals surface area contributed by atoms with E-state index in [9.17, 15) is 20.0 Å². The van der Waals surface area contributed by atoms with Crippen molar-refractivity contribution in [3.05, 3.63) is 33.9 Å². The van der Waals surface area contributed by atoms with Crippen LogP contribution < -0.4 is 5.32 Å². The van der Waals surface area contributed by atoms with Gasteiger partial charge in [0.25, 0.3) is 5.69 Å². The highest BCUT2D eigenvalue weighted by atomic mass is 16.6. The first-order chi connectivity index (χ1) is 9.97. The molecule has 0 saturated heterocycles. The summed E-state index contributed by atoms with van der Waals surface area (Å²) in [7, 11) is 0. The van der Waals surface area contributed by atoms with Crippen molar-refractivity contribution in [3.63, 3.8) is 0 Å². The van der Waals surface area contributed by atoms with Gasteiger partial charge >= 0.3 is 5.97 Å².